The number of hydrogen-bond donors (Lipinski definition) is 2. The van der Waals surface area contributed by atoms with E-state index in [4.69, 9.17) is 5.73 Å². The van der Waals surface area contributed by atoms with Crippen LogP contribution in [-0.2, 0) is 19.9 Å². The van der Waals surface area contributed by atoms with Crippen molar-refractivity contribution in [1.82, 2.24) is 4.72 Å². The van der Waals surface area contributed by atoms with Crippen LogP contribution in [0.5, 0.6) is 0 Å². The number of sulfonamides is 1. The summed E-state index contributed by atoms with van der Waals surface area (Å²) in [4.78, 5) is 0.0827. The Labute approximate surface area is 139 Å². The first-order valence-corrected chi connectivity index (χ1v) is 10.0. The Morgan fingerprint density at radius 2 is 1.81 bits per heavy atom. The van der Waals surface area contributed by atoms with Gasteiger partial charge in [-0.3, -0.25) is 0 Å². The first-order valence-electron chi connectivity index (χ1n) is 5.87. The van der Waals surface area contributed by atoms with Crippen LogP contribution in [0.4, 0.5) is 0 Å². The Bertz CT molecular complexity index is 731. The fourth-order valence-corrected chi connectivity index (χ4v) is 5.11. The lowest BCUT2D eigenvalue weighted by molar-refractivity contribution is 0.327. The molecule has 1 aromatic carbocycles. The summed E-state index contributed by atoms with van der Waals surface area (Å²) in [5.74, 6) is 0. The SMILES string of the molecule is CS(=O)(=O)c1ccc(S(=O)(=O)NC2CC(N)C2)c(Br)c1.Cl. The number of rotatable bonds is 4. The van der Waals surface area contributed by atoms with Crippen LogP contribution < -0.4 is 10.5 Å². The molecule has 1 aliphatic carbocycles. The molecule has 0 radical (unpaired) electrons. The predicted molar refractivity (Wildman–Crippen MR) is 85.8 cm³/mol. The largest absolute Gasteiger partial charge is 0.328 e. The second-order valence-corrected chi connectivity index (χ2v) is 9.47. The normalized spacial score (nSPS) is 22.2. The zero-order valence-electron chi connectivity index (χ0n) is 11.1. The van der Waals surface area contributed by atoms with Crippen molar-refractivity contribution in [2.24, 2.45) is 5.73 Å². The van der Waals surface area contributed by atoms with E-state index >= 15 is 0 Å². The summed E-state index contributed by atoms with van der Waals surface area (Å²) in [5, 5.41) is 0. The number of sulfone groups is 1. The van der Waals surface area contributed by atoms with Crippen molar-refractivity contribution >= 4 is 48.2 Å². The zero-order chi connectivity index (χ0) is 15.1. The van der Waals surface area contributed by atoms with Crippen LogP contribution in [0, 0.1) is 0 Å². The Morgan fingerprint density at radius 1 is 1.24 bits per heavy atom. The van der Waals surface area contributed by atoms with Gasteiger partial charge in [-0.15, -0.1) is 12.4 Å². The molecule has 2 rings (SSSR count). The third kappa shape index (κ3) is 4.40. The lowest BCUT2D eigenvalue weighted by Gasteiger charge is -2.32. The van der Waals surface area contributed by atoms with Gasteiger partial charge in [-0.2, -0.15) is 0 Å². The molecule has 120 valence electrons. The minimum Gasteiger partial charge on any atom is -0.328 e. The Morgan fingerprint density at radius 3 is 2.24 bits per heavy atom. The lowest BCUT2D eigenvalue weighted by atomic mass is 9.89. The molecule has 10 heteroatoms. The fourth-order valence-electron chi connectivity index (χ4n) is 1.97. The van der Waals surface area contributed by atoms with Gasteiger partial charge >= 0.3 is 0 Å². The summed E-state index contributed by atoms with van der Waals surface area (Å²) in [6, 6.07) is 3.73. The molecular weight excluding hydrogens is 404 g/mol. The van der Waals surface area contributed by atoms with Crippen molar-refractivity contribution in [3.63, 3.8) is 0 Å². The minimum absolute atomic E-state index is 0. The smallest absolute Gasteiger partial charge is 0.241 e. The predicted octanol–water partition coefficient (Wildman–Crippen LogP) is 1.04. The number of halogens is 2. The van der Waals surface area contributed by atoms with Crippen LogP contribution in [0.25, 0.3) is 0 Å². The molecule has 0 amide bonds. The van der Waals surface area contributed by atoms with E-state index < -0.39 is 19.9 Å². The highest BCUT2D eigenvalue weighted by molar-refractivity contribution is 9.10. The summed E-state index contributed by atoms with van der Waals surface area (Å²) in [5.41, 5.74) is 5.61. The second kappa shape index (κ2) is 6.51. The van der Waals surface area contributed by atoms with Gasteiger partial charge in [0.2, 0.25) is 10.0 Å². The first kappa shape index (κ1) is 18.9. The molecule has 0 bridgehead atoms. The standard InChI is InChI=1S/C11H15BrN2O4S2.ClH/c1-19(15,16)9-2-3-11(10(12)6-9)20(17,18)14-8-4-7(13)5-8;/h2-3,6-8,14H,4-5,13H2,1H3;1H. The zero-order valence-corrected chi connectivity index (χ0v) is 15.1. The molecular formula is C11H16BrClN2O4S2. The van der Waals surface area contributed by atoms with Crippen molar-refractivity contribution in [3.05, 3.63) is 22.7 Å². The van der Waals surface area contributed by atoms with E-state index in [1.807, 2.05) is 0 Å². The molecule has 1 aromatic rings. The summed E-state index contributed by atoms with van der Waals surface area (Å²) in [6.07, 6.45) is 2.29. The van der Waals surface area contributed by atoms with Crippen molar-refractivity contribution in [3.8, 4) is 0 Å². The maximum atomic E-state index is 12.2. The monoisotopic (exact) mass is 418 g/mol. The lowest BCUT2D eigenvalue weighted by Crippen LogP contribution is -2.50. The van der Waals surface area contributed by atoms with E-state index in [-0.39, 0.29) is 38.8 Å². The highest BCUT2D eigenvalue weighted by Crippen LogP contribution is 2.27. The van der Waals surface area contributed by atoms with E-state index in [1.54, 1.807) is 0 Å². The molecule has 21 heavy (non-hydrogen) atoms. The van der Waals surface area contributed by atoms with Crippen LogP contribution >= 0.6 is 28.3 Å². The van der Waals surface area contributed by atoms with Gasteiger partial charge in [0.1, 0.15) is 0 Å². The molecule has 1 aliphatic rings. The topological polar surface area (TPSA) is 106 Å². The number of hydrogen-bond acceptors (Lipinski definition) is 5. The molecule has 1 fully saturated rings. The molecule has 0 heterocycles. The van der Waals surface area contributed by atoms with E-state index in [9.17, 15) is 16.8 Å². The molecule has 0 aliphatic heterocycles. The summed E-state index contributed by atoms with van der Waals surface area (Å²) in [6.45, 7) is 0. The van der Waals surface area contributed by atoms with Crippen LogP contribution in [0.1, 0.15) is 12.8 Å². The Hall–Kier alpha value is -0.190. The maximum Gasteiger partial charge on any atom is 0.241 e. The van der Waals surface area contributed by atoms with Gasteiger partial charge in [0.15, 0.2) is 9.84 Å². The number of benzene rings is 1. The summed E-state index contributed by atoms with van der Waals surface area (Å²) < 4.78 is 50.0. The molecule has 0 aromatic heterocycles. The Balaban J connectivity index is 0.00000220. The third-order valence-corrected chi connectivity index (χ3v) is 6.72. The van der Waals surface area contributed by atoms with E-state index in [1.165, 1.54) is 18.2 Å². The highest BCUT2D eigenvalue weighted by atomic mass is 79.9. The van der Waals surface area contributed by atoms with E-state index in [2.05, 4.69) is 20.7 Å². The third-order valence-electron chi connectivity index (χ3n) is 3.12. The average molecular weight is 420 g/mol. The van der Waals surface area contributed by atoms with Gasteiger partial charge in [0.05, 0.1) is 9.79 Å². The van der Waals surface area contributed by atoms with Crippen LogP contribution in [-0.4, -0.2) is 35.2 Å². The van der Waals surface area contributed by atoms with Gasteiger partial charge in [-0.25, -0.2) is 21.6 Å². The fraction of sp³-hybridized carbons (Fsp3) is 0.455. The molecule has 0 spiro atoms. The van der Waals surface area contributed by atoms with Gasteiger partial charge in [0, 0.05) is 22.8 Å². The molecule has 0 saturated heterocycles. The molecule has 6 nitrogen and oxygen atoms in total. The van der Waals surface area contributed by atoms with Crippen molar-refractivity contribution < 1.29 is 16.8 Å². The van der Waals surface area contributed by atoms with Crippen LogP contribution in [0.2, 0.25) is 0 Å². The van der Waals surface area contributed by atoms with E-state index in [0.29, 0.717) is 12.8 Å². The van der Waals surface area contributed by atoms with Crippen molar-refractivity contribution in [1.29, 1.82) is 0 Å². The molecule has 0 unspecified atom stereocenters. The number of nitrogens with two attached hydrogens (primary N) is 1. The highest BCUT2D eigenvalue weighted by Gasteiger charge is 2.31. The molecule has 1 saturated carbocycles. The summed E-state index contributed by atoms with van der Waals surface area (Å²) in [7, 11) is -7.06. The maximum absolute atomic E-state index is 12.2. The molecule has 3 N–H and O–H groups in total. The van der Waals surface area contributed by atoms with Crippen molar-refractivity contribution in [2.45, 2.75) is 34.7 Å². The van der Waals surface area contributed by atoms with Crippen LogP contribution in [0.15, 0.2) is 32.5 Å². The van der Waals surface area contributed by atoms with Gasteiger partial charge in [-0.05, 0) is 47.0 Å². The first-order chi connectivity index (χ1) is 9.09. The minimum atomic E-state index is -3.68. The average Bonchev–Trinajstić information content (AvgIpc) is 2.24. The van der Waals surface area contributed by atoms with Crippen molar-refractivity contribution in [2.75, 3.05) is 6.26 Å². The van der Waals surface area contributed by atoms with Crippen LogP contribution in [0.3, 0.4) is 0 Å². The number of nitrogens with one attached hydrogen (secondary N) is 1. The van der Waals surface area contributed by atoms with Gasteiger partial charge in [-0.1, -0.05) is 0 Å². The quantitative estimate of drug-likeness (QED) is 0.758. The van der Waals surface area contributed by atoms with E-state index in [0.717, 1.165) is 6.26 Å². The van der Waals surface area contributed by atoms with Gasteiger partial charge in [0.25, 0.3) is 0 Å². The second-order valence-electron chi connectivity index (χ2n) is 4.91. The Kier molecular flexibility index (Phi) is 5.85. The molecule has 0 atom stereocenters. The summed E-state index contributed by atoms with van der Waals surface area (Å²) >= 11 is 3.11. The van der Waals surface area contributed by atoms with Gasteiger partial charge < -0.3 is 5.73 Å².